The van der Waals surface area contributed by atoms with Crippen molar-refractivity contribution in [3.8, 4) is 0 Å². The largest absolute Gasteiger partial charge is 0.344 e. The Labute approximate surface area is 155 Å². The van der Waals surface area contributed by atoms with E-state index in [1.54, 1.807) is 30.3 Å². The van der Waals surface area contributed by atoms with Crippen molar-refractivity contribution in [3.05, 3.63) is 58.6 Å². The van der Waals surface area contributed by atoms with Crippen LogP contribution in [-0.4, -0.2) is 27.8 Å². The first-order chi connectivity index (χ1) is 13.0. The van der Waals surface area contributed by atoms with E-state index in [1.807, 2.05) is 0 Å². The minimum atomic E-state index is -0.823. The van der Waals surface area contributed by atoms with Crippen LogP contribution in [0.4, 0.5) is 21.3 Å². The van der Waals surface area contributed by atoms with Crippen molar-refractivity contribution >= 4 is 55.9 Å². The Bertz CT molecular complexity index is 1110. The number of thiazole rings is 1. The summed E-state index contributed by atoms with van der Waals surface area (Å²) in [5.74, 6) is -1.31. The maximum atomic E-state index is 12.9. The maximum Gasteiger partial charge on any atom is 0.344 e. The van der Waals surface area contributed by atoms with Gasteiger partial charge in [0.1, 0.15) is 6.42 Å². The number of nitro groups is 1. The van der Waals surface area contributed by atoms with Crippen molar-refractivity contribution in [1.82, 2.24) is 4.98 Å². The van der Waals surface area contributed by atoms with Gasteiger partial charge in [0, 0.05) is 12.1 Å². The standard InChI is InChI=1S/C17H10N4O5S/c22-14-9-15(23)20(17(24)19(14)10-4-2-1-3-5-10)16-18-12-7-6-11(21(25)26)8-13(12)27-16/h1-8H,9H2. The Kier molecular flexibility index (Phi) is 3.89. The van der Waals surface area contributed by atoms with Gasteiger partial charge in [0.15, 0.2) is 0 Å². The SMILES string of the molecule is O=C1CC(=O)N(c2nc3ccc([N+](=O)[O-])cc3s2)C(=O)N1c1ccccc1. The van der Waals surface area contributed by atoms with Crippen LogP contribution in [0.15, 0.2) is 48.5 Å². The van der Waals surface area contributed by atoms with Crippen molar-refractivity contribution in [2.75, 3.05) is 9.80 Å². The van der Waals surface area contributed by atoms with Gasteiger partial charge in [0.2, 0.25) is 16.9 Å². The van der Waals surface area contributed by atoms with Crippen LogP contribution in [0, 0.1) is 10.1 Å². The third kappa shape index (κ3) is 2.81. The second kappa shape index (κ2) is 6.25. The van der Waals surface area contributed by atoms with Gasteiger partial charge in [-0.05, 0) is 18.2 Å². The highest BCUT2D eigenvalue weighted by molar-refractivity contribution is 7.22. The second-order valence-electron chi connectivity index (χ2n) is 5.66. The van der Waals surface area contributed by atoms with Gasteiger partial charge in [-0.2, -0.15) is 0 Å². The topological polar surface area (TPSA) is 114 Å². The third-order valence-corrected chi connectivity index (χ3v) is 4.96. The number of nitro benzene ring substituents is 1. The van der Waals surface area contributed by atoms with Crippen molar-refractivity contribution in [2.45, 2.75) is 6.42 Å². The molecule has 0 spiro atoms. The molecule has 0 saturated carbocycles. The molecule has 1 aliphatic rings. The molecule has 0 radical (unpaired) electrons. The number of hydrogen-bond acceptors (Lipinski definition) is 7. The number of nitrogens with zero attached hydrogens (tertiary/aromatic N) is 4. The van der Waals surface area contributed by atoms with Crippen molar-refractivity contribution in [2.24, 2.45) is 0 Å². The fourth-order valence-corrected chi connectivity index (χ4v) is 3.74. The number of urea groups is 1. The van der Waals surface area contributed by atoms with Crippen LogP contribution in [0.1, 0.15) is 6.42 Å². The number of imide groups is 2. The highest BCUT2D eigenvalue weighted by Crippen LogP contribution is 2.34. The third-order valence-electron chi connectivity index (χ3n) is 3.96. The molecule has 2 aromatic carbocycles. The summed E-state index contributed by atoms with van der Waals surface area (Å²) in [6.45, 7) is 0. The average molecular weight is 382 g/mol. The van der Waals surface area contributed by atoms with Gasteiger partial charge in [-0.15, -0.1) is 0 Å². The summed E-state index contributed by atoms with van der Waals surface area (Å²) >= 11 is 0.972. The molecule has 27 heavy (non-hydrogen) atoms. The fourth-order valence-electron chi connectivity index (χ4n) is 2.73. The molecular weight excluding hydrogens is 372 g/mol. The summed E-state index contributed by atoms with van der Waals surface area (Å²) in [6, 6.07) is 11.5. The first-order valence-corrected chi connectivity index (χ1v) is 8.57. The van der Waals surface area contributed by atoms with Crippen LogP contribution in [0.5, 0.6) is 0 Å². The quantitative estimate of drug-likeness (QED) is 0.391. The minimum absolute atomic E-state index is 0.0638. The van der Waals surface area contributed by atoms with E-state index in [9.17, 15) is 24.5 Å². The van der Waals surface area contributed by atoms with Crippen LogP contribution < -0.4 is 9.80 Å². The van der Waals surface area contributed by atoms with E-state index in [2.05, 4.69) is 4.98 Å². The lowest BCUT2D eigenvalue weighted by molar-refractivity contribution is -0.384. The Balaban J connectivity index is 1.76. The molecule has 0 unspecified atom stereocenters. The van der Waals surface area contributed by atoms with E-state index in [0.29, 0.717) is 15.9 Å². The molecule has 3 aromatic rings. The number of amides is 4. The molecule has 9 nitrogen and oxygen atoms in total. The molecule has 4 amide bonds. The lowest BCUT2D eigenvalue weighted by Gasteiger charge is -2.31. The number of fused-ring (bicyclic) bond motifs is 1. The Morgan fingerprint density at radius 2 is 1.70 bits per heavy atom. The number of hydrogen-bond donors (Lipinski definition) is 0. The average Bonchev–Trinajstić information content (AvgIpc) is 3.04. The summed E-state index contributed by atoms with van der Waals surface area (Å²) in [7, 11) is 0. The van der Waals surface area contributed by atoms with Gasteiger partial charge in [-0.1, -0.05) is 29.5 Å². The summed E-state index contributed by atoms with van der Waals surface area (Å²) in [5, 5.41) is 11.0. The number of anilines is 2. The summed E-state index contributed by atoms with van der Waals surface area (Å²) in [4.78, 5) is 53.9. The number of para-hydroxylation sites is 1. The number of non-ortho nitro benzene ring substituents is 1. The number of aromatic nitrogens is 1. The Hall–Kier alpha value is -3.66. The first kappa shape index (κ1) is 16.8. The molecule has 1 fully saturated rings. The molecule has 4 rings (SSSR count). The minimum Gasteiger partial charge on any atom is -0.273 e. The van der Waals surface area contributed by atoms with Crippen molar-refractivity contribution in [1.29, 1.82) is 0 Å². The summed E-state index contributed by atoms with van der Waals surface area (Å²) in [6.07, 6.45) is -0.475. The van der Waals surface area contributed by atoms with E-state index in [4.69, 9.17) is 0 Å². The van der Waals surface area contributed by atoms with E-state index in [1.165, 1.54) is 18.2 Å². The monoisotopic (exact) mass is 382 g/mol. The van der Waals surface area contributed by atoms with Crippen LogP contribution in [0.25, 0.3) is 10.2 Å². The van der Waals surface area contributed by atoms with E-state index < -0.39 is 29.2 Å². The Morgan fingerprint density at radius 3 is 2.41 bits per heavy atom. The molecule has 0 atom stereocenters. The highest BCUT2D eigenvalue weighted by atomic mass is 32.1. The molecule has 1 saturated heterocycles. The summed E-state index contributed by atoms with van der Waals surface area (Å²) < 4.78 is 0.461. The van der Waals surface area contributed by atoms with Gasteiger partial charge in [-0.3, -0.25) is 19.7 Å². The van der Waals surface area contributed by atoms with E-state index in [-0.39, 0.29) is 10.8 Å². The smallest absolute Gasteiger partial charge is 0.273 e. The van der Waals surface area contributed by atoms with E-state index in [0.717, 1.165) is 21.1 Å². The molecule has 0 bridgehead atoms. The van der Waals surface area contributed by atoms with Crippen molar-refractivity contribution < 1.29 is 19.3 Å². The molecule has 1 aromatic heterocycles. The predicted octanol–water partition coefficient (Wildman–Crippen LogP) is 3.09. The molecular formula is C17H10N4O5S. The van der Waals surface area contributed by atoms with Crippen LogP contribution in [0.2, 0.25) is 0 Å². The molecule has 10 heteroatoms. The molecule has 134 valence electrons. The molecule has 0 aliphatic carbocycles. The van der Waals surface area contributed by atoms with Crippen LogP contribution in [0.3, 0.4) is 0 Å². The Morgan fingerprint density at radius 1 is 1.00 bits per heavy atom. The first-order valence-electron chi connectivity index (χ1n) is 7.75. The molecule has 2 heterocycles. The van der Waals surface area contributed by atoms with Gasteiger partial charge in [0.25, 0.3) is 5.69 Å². The zero-order chi connectivity index (χ0) is 19.1. The number of barbiturate groups is 1. The number of carbonyl (C=O) groups excluding carboxylic acids is 3. The van der Waals surface area contributed by atoms with Gasteiger partial charge >= 0.3 is 6.03 Å². The second-order valence-corrected chi connectivity index (χ2v) is 6.67. The fraction of sp³-hybridized carbons (Fsp3) is 0.0588. The van der Waals surface area contributed by atoms with Crippen LogP contribution in [-0.2, 0) is 9.59 Å². The highest BCUT2D eigenvalue weighted by Gasteiger charge is 2.41. The van der Waals surface area contributed by atoms with Crippen molar-refractivity contribution in [3.63, 3.8) is 0 Å². The maximum absolute atomic E-state index is 12.9. The number of carbonyl (C=O) groups is 3. The zero-order valence-corrected chi connectivity index (χ0v) is 14.4. The summed E-state index contributed by atoms with van der Waals surface area (Å²) in [5.41, 5.74) is 0.654. The normalized spacial score (nSPS) is 14.9. The number of benzene rings is 2. The van der Waals surface area contributed by atoms with Crippen LogP contribution >= 0.6 is 11.3 Å². The van der Waals surface area contributed by atoms with Gasteiger partial charge < -0.3 is 0 Å². The zero-order valence-electron chi connectivity index (χ0n) is 13.6. The molecule has 0 N–H and O–H groups in total. The number of rotatable bonds is 3. The van der Waals surface area contributed by atoms with E-state index >= 15 is 0 Å². The lowest BCUT2D eigenvalue weighted by Crippen LogP contribution is -2.55. The predicted molar refractivity (Wildman–Crippen MR) is 97.7 cm³/mol. The molecule has 1 aliphatic heterocycles. The lowest BCUT2D eigenvalue weighted by atomic mass is 10.2. The van der Waals surface area contributed by atoms with Gasteiger partial charge in [-0.25, -0.2) is 19.6 Å². The van der Waals surface area contributed by atoms with Gasteiger partial charge in [0.05, 0.1) is 20.8 Å².